The van der Waals surface area contributed by atoms with Gasteiger partial charge in [0.1, 0.15) is 5.82 Å². The van der Waals surface area contributed by atoms with Gasteiger partial charge in [0.25, 0.3) is 0 Å². The molecule has 0 aliphatic heterocycles. The van der Waals surface area contributed by atoms with Crippen LogP contribution in [-0.4, -0.2) is 16.5 Å². The molecule has 35 heavy (non-hydrogen) atoms. The van der Waals surface area contributed by atoms with E-state index in [1.807, 2.05) is 0 Å². The van der Waals surface area contributed by atoms with E-state index in [0.29, 0.717) is 18.4 Å². The van der Waals surface area contributed by atoms with Crippen LogP contribution in [0, 0.1) is 5.92 Å². The highest BCUT2D eigenvalue weighted by Crippen LogP contribution is 2.22. The lowest BCUT2D eigenvalue weighted by Gasteiger charge is -2.14. The van der Waals surface area contributed by atoms with Gasteiger partial charge in [-0.1, -0.05) is 98.8 Å². The van der Waals surface area contributed by atoms with Crippen molar-refractivity contribution in [3.8, 4) is 0 Å². The first-order valence-electron chi connectivity index (χ1n) is 12.4. The summed E-state index contributed by atoms with van der Waals surface area (Å²) in [5.74, 6) is 2.08. The molecule has 0 saturated carbocycles. The van der Waals surface area contributed by atoms with Gasteiger partial charge in [-0.2, -0.15) is 4.98 Å². The van der Waals surface area contributed by atoms with Crippen molar-refractivity contribution in [3.05, 3.63) is 108 Å². The molecule has 5 rings (SSSR count). The van der Waals surface area contributed by atoms with Crippen molar-refractivity contribution >= 4 is 33.3 Å². The third kappa shape index (κ3) is 5.60. The van der Waals surface area contributed by atoms with Gasteiger partial charge in [0.05, 0.1) is 0 Å². The number of benzene rings is 4. The third-order valence-electron chi connectivity index (χ3n) is 6.32. The van der Waals surface area contributed by atoms with Gasteiger partial charge >= 0.3 is 0 Å². The zero-order chi connectivity index (χ0) is 24.0. The molecule has 0 bridgehead atoms. The summed E-state index contributed by atoms with van der Waals surface area (Å²) in [5, 5.41) is 12.1. The van der Waals surface area contributed by atoms with E-state index in [1.165, 1.54) is 32.7 Å². The lowest BCUT2D eigenvalue weighted by atomic mass is 10.00. The Balaban J connectivity index is 1.37. The van der Waals surface area contributed by atoms with Gasteiger partial charge in [-0.15, -0.1) is 0 Å². The summed E-state index contributed by atoms with van der Waals surface area (Å²) in [6, 6.07) is 32.1. The van der Waals surface area contributed by atoms with Crippen LogP contribution in [0.15, 0.2) is 91.0 Å². The summed E-state index contributed by atoms with van der Waals surface area (Å²) in [6.45, 7) is 5.96. The van der Waals surface area contributed by atoms with Gasteiger partial charge in [0.15, 0.2) is 0 Å². The first kappa shape index (κ1) is 22.9. The summed E-state index contributed by atoms with van der Waals surface area (Å²) >= 11 is 0. The number of aryl methyl sites for hydroxylation is 2. The number of anilines is 2. The van der Waals surface area contributed by atoms with E-state index < -0.39 is 0 Å². The minimum Gasteiger partial charge on any atom is -0.370 e. The van der Waals surface area contributed by atoms with E-state index in [-0.39, 0.29) is 0 Å². The van der Waals surface area contributed by atoms with Crippen LogP contribution in [0.3, 0.4) is 0 Å². The molecule has 0 aliphatic rings. The number of hydrogen-bond donors (Lipinski definition) is 2. The van der Waals surface area contributed by atoms with E-state index >= 15 is 0 Å². The summed E-state index contributed by atoms with van der Waals surface area (Å²) < 4.78 is 0. The molecule has 4 heteroatoms. The van der Waals surface area contributed by atoms with Crippen molar-refractivity contribution in [2.45, 2.75) is 33.2 Å². The van der Waals surface area contributed by atoms with Crippen molar-refractivity contribution < 1.29 is 0 Å². The van der Waals surface area contributed by atoms with Crippen molar-refractivity contribution in [2.24, 2.45) is 5.92 Å². The highest BCUT2D eigenvalue weighted by molar-refractivity contribution is 5.86. The van der Waals surface area contributed by atoms with Crippen molar-refractivity contribution in [2.75, 3.05) is 17.2 Å². The number of fused-ring (bicyclic) bond motifs is 2. The van der Waals surface area contributed by atoms with Crippen LogP contribution in [0.2, 0.25) is 0 Å². The topological polar surface area (TPSA) is 49.8 Å². The fourth-order valence-electron chi connectivity index (χ4n) is 4.50. The van der Waals surface area contributed by atoms with Crippen LogP contribution in [0.1, 0.15) is 30.7 Å². The van der Waals surface area contributed by atoms with E-state index in [9.17, 15) is 0 Å². The largest absolute Gasteiger partial charge is 0.370 e. The molecule has 0 aliphatic carbocycles. The first-order chi connectivity index (χ1) is 17.2. The molecule has 0 fully saturated rings. The van der Waals surface area contributed by atoms with Crippen LogP contribution < -0.4 is 10.6 Å². The van der Waals surface area contributed by atoms with Crippen molar-refractivity contribution in [1.82, 2.24) is 9.97 Å². The SMILES string of the molecule is CC(C)CNc1cc(CCc2cccc3ccccc23)nc(NCc2cccc3ccccc23)n1. The molecule has 0 spiro atoms. The van der Waals surface area contributed by atoms with E-state index in [1.54, 1.807) is 0 Å². The monoisotopic (exact) mass is 460 g/mol. The quantitative estimate of drug-likeness (QED) is 0.243. The van der Waals surface area contributed by atoms with Gasteiger partial charge in [0, 0.05) is 24.8 Å². The first-order valence-corrected chi connectivity index (χ1v) is 12.4. The molecule has 2 N–H and O–H groups in total. The molecule has 0 radical (unpaired) electrons. The van der Waals surface area contributed by atoms with Gasteiger partial charge < -0.3 is 10.6 Å². The Kier molecular flexibility index (Phi) is 6.89. The molecule has 4 nitrogen and oxygen atoms in total. The summed E-state index contributed by atoms with van der Waals surface area (Å²) in [4.78, 5) is 9.66. The number of rotatable bonds is 9. The normalized spacial score (nSPS) is 11.3. The average Bonchev–Trinajstić information content (AvgIpc) is 2.89. The van der Waals surface area contributed by atoms with E-state index in [4.69, 9.17) is 9.97 Å². The lowest BCUT2D eigenvalue weighted by Crippen LogP contribution is -2.12. The minimum atomic E-state index is 0.538. The van der Waals surface area contributed by atoms with Crippen LogP contribution in [0.25, 0.3) is 21.5 Å². The summed E-state index contributed by atoms with van der Waals surface area (Å²) in [6.07, 6.45) is 1.79. The average molecular weight is 461 g/mol. The summed E-state index contributed by atoms with van der Waals surface area (Å²) in [5.41, 5.74) is 3.63. The maximum Gasteiger partial charge on any atom is 0.225 e. The highest BCUT2D eigenvalue weighted by atomic mass is 15.1. The predicted octanol–water partition coefficient (Wildman–Crippen LogP) is 7.25. The second kappa shape index (κ2) is 10.6. The molecule has 4 aromatic carbocycles. The maximum atomic E-state index is 4.89. The van der Waals surface area contributed by atoms with Crippen LogP contribution in [0.5, 0.6) is 0 Å². The highest BCUT2D eigenvalue weighted by Gasteiger charge is 2.09. The minimum absolute atomic E-state index is 0.538. The predicted molar refractivity (Wildman–Crippen MR) is 148 cm³/mol. The number of hydrogen-bond acceptors (Lipinski definition) is 4. The molecule has 0 atom stereocenters. The standard InChI is InChI=1S/C31H32N4/c1-22(2)20-32-30-19-27(18-17-25-13-7-11-23-9-3-5-15-28(23)25)34-31(35-30)33-21-26-14-8-12-24-10-4-6-16-29(24)26/h3-16,19,22H,17-18,20-21H2,1-2H3,(H2,32,33,34,35). The fraction of sp³-hybridized carbons (Fsp3) is 0.226. The van der Waals surface area contributed by atoms with Gasteiger partial charge in [-0.25, -0.2) is 4.98 Å². The molecule has 176 valence electrons. The second-order valence-corrected chi connectivity index (χ2v) is 9.47. The lowest BCUT2D eigenvalue weighted by molar-refractivity contribution is 0.686. The van der Waals surface area contributed by atoms with Gasteiger partial charge in [-0.3, -0.25) is 0 Å². The Morgan fingerprint density at radius 1 is 0.657 bits per heavy atom. The number of nitrogens with zero attached hydrogens (tertiary/aromatic N) is 2. The van der Waals surface area contributed by atoms with E-state index in [2.05, 4.69) is 115 Å². The molecule has 0 unspecified atom stereocenters. The Labute approximate surface area is 207 Å². The number of aromatic nitrogens is 2. The third-order valence-corrected chi connectivity index (χ3v) is 6.32. The number of nitrogens with one attached hydrogen (secondary N) is 2. The molecule has 1 heterocycles. The molecule has 1 aromatic heterocycles. The molecular formula is C31H32N4. The zero-order valence-corrected chi connectivity index (χ0v) is 20.5. The van der Waals surface area contributed by atoms with Crippen LogP contribution in [0.4, 0.5) is 11.8 Å². The summed E-state index contributed by atoms with van der Waals surface area (Å²) in [7, 11) is 0. The maximum absolute atomic E-state index is 4.89. The molecular weight excluding hydrogens is 428 g/mol. The smallest absolute Gasteiger partial charge is 0.225 e. The van der Waals surface area contributed by atoms with Crippen molar-refractivity contribution in [1.29, 1.82) is 0 Å². The second-order valence-electron chi connectivity index (χ2n) is 9.47. The molecule has 5 aromatic rings. The zero-order valence-electron chi connectivity index (χ0n) is 20.5. The van der Waals surface area contributed by atoms with E-state index in [0.717, 1.165) is 30.9 Å². The Morgan fingerprint density at radius 2 is 1.29 bits per heavy atom. The Hall–Kier alpha value is -3.92. The van der Waals surface area contributed by atoms with Gasteiger partial charge in [0.2, 0.25) is 5.95 Å². The Bertz CT molecular complexity index is 1330. The fourth-order valence-corrected chi connectivity index (χ4v) is 4.50. The molecule has 0 saturated heterocycles. The Morgan fingerprint density at radius 3 is 2.00 bits per heavy atom. The van der Waals surface area contributed by atoms with Gasteiger partial charge in [-0.05, 0) is 51.4 Å². The van der Waals surface area contributed by atoms with Crippen LogP contribution in [-0.2, 0) is 19.4 Å². The van der Waals surface area contributed by atoms with Crippen LogP contribution >= 0.6 is 0 Å². The molecule has 0 amide bonds. The van der Waals surface area contributed by atoms with Crippen molar-refractivity contribution in [3.63, 3.8) is 0 Å².